The molecule has 1 rings (SSSR count). The van der Waals surface area contributed by atoms with E-state index in [2.05, 4.69) is 6.92 Å². The first-order chi connectivity index (χ1) is 4.84. The van der Waals surface area contributed by atoms with E-state index in [1.165, 1.54) is 44.2 Å². The lowest BCUT2D eigenvalue weighted by Gasteiger charge is -2.21. The fourth-order valence-corrected chi connectivity index (χ4v) is 1.56. The fraction of sp³-hybridized carbons (Fsp3) is 0.778. The fourth-order valence-electron chi connectivity index (χ4n) is 1.56. The van der Waals surface area contributed by atoms with Gasteiger partial charge in [0, 0.05) is 0 Å². The molecule has 1 fully saturated rings. The quantitative estimate of drug-likeness (QED) is 0.472. The van der Waals surface area contributed by atoms with E-state index in [0.29, 0.717) is 0 Å². The minimum Gasteiger partial charge on any atom is -0.0999 e. The predicted octanol–water partition coefficient (Wildman–Crippen LogP) is 3.14. The highest BCUT2D eigenvalue weighted by atomic mass is 14.2. The minimum atomic E-state index is 0.742. The molecule has 0 heteroatoms. The van der Waals surface area contributed by atoms with E-state index in [0.717, 1.165) is 5.92 Å². The van der Waals surface area contributed by atoms with Gasteiger partial charge in [0.15, 0.2) is 0 Å². The summed E-state index contributed by atoms with van der Waals surface area (Å²) in [7, 11) is 0. The molecule has 0 nitrogen and oxygen atoms in total. The van der Waals surface area contributed by atoms with Crippen LogP contribution in [0.4, 0.5) is 0 Å². The molecule has 0 spiro atoms. The van der Waals surface area contributed by atoms with Crippen LogP contribution >= 0.6 is 0 Å². The zero-order chi connectivity index (χ0) is 7.40. The Morgan fingerprint density at radius 3 is 2.67 bits per heavy atom. The topological polar surface area (TPSA) is 0 Å². The molecule has 0 saturated heterocycles. The molecule has 9 heavy (non-hydrogen) atoms. The normalized spacial score (nSPS) is 25.9. The summed E-state index contributed by atoms with van der Waals surface area (Å²) < 4.78 is 7.08. The molecule has 0 radical (unpaired) electrons. The highest BCUT2D eigenvalue weighted by Gasteiger charge is 2.12. The third-order valence-corrected chi connectivity index (χ3v) is 2.25. The summed E-state index contributed by atoms with van der Waals surface area (Å²) in [6.45, 7) is 3.61. The van der Waals surface area contributed by atoms with E-state index in [4.69, 9.17) is 1.37 Å². The molecule has 0 heterocycles. The second kappa shape index (κ2) is 3.05. The van der Waals surface area contributed by atoms with Gasteiger partial charge in [-0.1, -0.05) is 31.4 Å². The summed E-state index contributed by atoms with van der Waals surface area (Å²) in [6, 6.07) is 0. The minimum absolute atomic E-state index is 0.742. The Hall–Kier alpha value is -0.260. The molecule has 0 aromatic rings. The summed E-state index contributed by atoms with van der Waals surface area (Å²) in [5, 5.41) is 0. The van der Waals surface area contributed by atoms with E-state index in [1.54, 1.807) is 0 Å². The summed E-state index contributed by atoms with van der Waals surface area (Å²) in [5.74, 6) is 0.742. The van der Waals surface area contributed by atoms with Crippen LogP contribution in [-0.4, -0.2) is 0 Å². The zero-order valence-corrected chi connectivity index (χ0v) is 6.19. The maximum Gasteiger partial charge on any atom is 0.0537 e. The van der Waals surface area contributed by atoms with Crippen LogP contribution in [0.2, 0.25) is 0 Å². The average Bonchev–Trinajstić information content (AvgIpc) is 2.05. The lowest BCUT2D eigenvalue weighted by Crippen LogP contribution is -2.05. The molecular formula is C9H16. The molecule has 0 bridgehead atoms. The van der Waals surface area contributed by atoms with Crippen molar-refractivity contribution < 1.29 is 1.37 Å². The van der Waals surface area contributed by atoms with Crippen molar-refractivity contribution >= 4 is 0 Å². The second-order valence-corrected chi connectivity index (χ2v) is 3.08. The molecule has 1 aliphatic rings. The highest BCUT2D eigenvalue weighted by Crippen LogP contribution is 2.27. The van der Waals surface area contributed by atoms with Crippen LogP contribution < -0.4 is 0 Å². The van der Waals surface area contributed by atoms with Crippen LogP contribution in [0.5, 0.6) is 0 Å². The van der Waals surface area contributed by atoms with E-state index < -0.39 is 0 Å². The van der Waals surface area contributed by atoms with Crippen molar-refractivity contribution in [3.63, 3.8) is 0 Å². The van der Waals surface area contributed by atoms with E-state index in [1.807, 2.05) is 0 Å². The first-order valence-corrected chi connectivity index (χ1v) is 3.89. The third-order valence-electron chi connectivity index (χ3n) is 2.25. The number of allylic oxidation sites excluding steroid dienone is 1. The Balaban J connectivity index is 2.39. The molecule has 0 atom stereocenters. The number of rotatable bonds is 1. The molecular weight excluding hydrogens is 108 g/mol. The standard InChI is InChI=1S/C9H16/c1-8(2)9-6-4-3-5-7-9/h9H,1,3-7H2,2H3/i1D. The predicted molar refractivity (Wildman–Crippen MR) is 41.4 cm³/mol. The Morgan fingerprint density at radius 1 is 1.44 bits per heavy atom. The second-order valence-electron chi connectivity index (χ2n) is 3.08. The molecule has 0 unspecified atom stereocenters. The van der Waals surface area contributed by atoms with Gasteiger partial charge in [0.25, 0.3) is 0 Å². The van der Waals surface area contributed by atoms with Gasteiger partial charge >= 0.3 is 0 Å². The summed E-state index contributed by atoms with van der Waals surface area (Å²) in [6.07, 6.45) is 6.79. The van der Waals surface area contributed by atoms with Gasteiger partial charge in [-0.2, -0.15) is 0 Å². The Labute approximate surface area is 59.4 Å². The lowest BCUT2D eigenvalue weighted by atomic mass is 9.85. The molecule has 0 amide bonds. The van der Waals surface area contributed by atoms with Crippen molar-refractivity contribution in [2.45, 2.75) is 39.0 Å². The molecule has 1 saturated carbocycles. The van der Waals surface area contributed by atoms with Crippen molar-refractivity contribution in [3.8, 4) is 0 Å². The molecule has 0 N–H and O–H groups in total. The number of hydrogen-bond donors (Lipinski definition) is 0. The molecule has 52 valence electrons. The van der Waals surface area contributed by atoms with E-state index in [9.17, 15) is 0 Å². The molecule has 0 aliphatic heterocycles. The van der Waals surface area contributed by atoms with Crippen LogP contribution in [0.15, 0.2) is 12.1 Å². The summed E-state index contributed by atoms with van der Waals surface area (Å²) in [5.41, 5.74) is 1.28. The smallest absolute Gasteiger partial charge is 0.0537 e. The van der Waals surface area contributed by atoms with Crippen LogP contribution in [0.3, 0.4) is 0 Å². The van der Waals surface area contributed by atoms with Gasteiger partial charge in [0.05, 0.1) is 1.37 Å². The van der Waals surface area contributed by atoms with Gasteiger partial charge < -0.3 is 0 Å². The summed E-state index contributed by atoms with van der Waals surface area (Å²) in [4.78, 5) is 0. The molecule has 0 aromatic heterocycles. The first-order valence-electron chi connectivity index (χ1n) is 4.47. The number of hydrogen-bond acceptors (Lipinski definition) is 0. The van der Waals surface area contributed by atoms with Crippen LogP contribution in [0.1, 0.15) is 40.4 Å². The maximum absolute atomic E-state index is 7.08. The Kier molecular flexibility index (Phi) is 1.87. The maximum atomic E-state index is 7.08. The van der Waals surface area contributed by atoms with Crippen molar-refractivity contribution in [3.05, 3.63) is 12.1 Å². The average molecular weight is 125 g/mol. The van der Waals surface area contributed by atoms with Gasteiger partial charge in [0.2, 0.25) is 0 Å². The largest absolute Gasteiger partial charge is 0.0999 e. The van der Waals surface area contributed by atoms with E-state index >= 15 is 0 Å². The Bertz CT molecular complexity index is 121. The van der Waals surface area contributed by atoms with Crippen molar-refractivity contribution in [1.82, 2.24) is 0 Å². The van der Waals surface area contributed by atoms with Crippen molar-refractivity contribution in [2.24, 2.45) is 5.92 Å². The third kappa shape index (κ3) is 1.85. The van der Waals surface area contributed by atoms with Crippen molar-refractivity contribution in [1.29, 1.82) is 0 Å². The summed E-state index contributed by atoms with van der Waals surface area (Å²) >= 11 is 0. The van der Waals surface area contributed by atoms with Crippen LogP contribution in [0, 0.1) is 5.92 Å². The Morgan fingerprint density at radius 2 is 2.11 bits per heavy atom. The van der Waals surface area contributed by atoms with Crippen molar-refractivity contribution in [2.75, 3.05) is 0 Å². The van der Waals surface area contributed by atoms with E-state index in [-0.39, 0.29) is 0 Å². The van der Waals surface area contributed by atoms with Crippen LogP contribution in [0.25, 0.3) is 0 Å². The van der Waals surface area contributed by atoms with Gasteiger partial charge in [-0.3, -0.25) is 0 Å². The molecule has 1 aliphatic carbocycles. The molecule has 0 aromatic carbocycles. The van der Waals surface area contributed by atoms with Gasteiger partial charge in [0.1, 0.15) is 0 Å². The first kappa shape index (κ1) is 5.52. The van der Waals surface area contributed by atoms with Gasteiger partial charge in [-0.05, 0) is 25.7 Å². The zero-order valence-electron chi connectivity index (χ0n) is 7.19. The van der Waals surface area contributed by atoms with Crippen LogP contribution in [-0.2, 0) is 0 Å². The van der Waals surface area contributed by atoms with Gasteiger partial charge in [-0.25, -0.2) is 0 Å². The lowest BCUT2D eigenvalue weighted by molar-refractivity contribution is 0.404. The SMILES string of the molecule is [2H]C=C(C)C1CCCCC1. The van der Waals surface area contributed by atoms with Gasteiger partial charge in [-0.15, -0.1) is 0 Å². The monoisotopic (exact) mass is 125 g/mol. The highest BCUT2D eigenvalue weighted by molar-refractivity contribution is 4.96.